The predicted octanol–water partition coefficient (Wildman–Crippen LogP) is 4.07. The predicted molar refractivity (Wildman–Crippen MR) is 87.6 cm³/mol. The molecule has 1 aliphatic carbocycles. The molecule has 0 amide bonds. The molecule has 1 aliphatic rings. The summed E-state index contributed by atoms with van der Waals surface area (Å²) in [6.07, 6.45) is 3.33. The van der Waals surface area contributed by atoms with Gasteiger partial charge in [0.15, 0.2) is 0 Å². The summed E-state index contributed by atoms with van der Waals surface area (Å²) in [6, 6.07) is 8.36. The smallest absolute Gasteiger partial charge is 0.0631 e. The fourth-order valence-corrected chi connectivity index (χ4v) is 3.75. The first-order valence-corrected chi connectivity index (χ1v) is 8.29. The summed E-state index contributed by atoms with van der Waals surface area (Å²) in [4.78, 5) is 2.33. The lowest BCUT2D eigenvalue weighted by Crippen LogP contribution is -2.44. The quantitative estimate of drug-likeness (QED) is 0.893. The van der Waals surface area contributed by atoms with Gasteiger partial charge in [0.05, 0.1) is 6.10 Å². The number of benzene rings is 1. The van der Waals surface area contributed by atoms with Crippen molar-refractivity contribution in [2.24, 2.45) is 11.3 Å². The number of hydrogen-bond acceptors (Lipinski definition) is 2. The van der Waals surface area contributed by atoms with Crippen LogP contribution in [0.3, 0.4) is 0 Å². The molecule has 0 radical (unpaired) electrons. The van der Waals surface area contributed by atoms with E-state index >= 15 is 0 Å². The summed E-state index contributed by atoms with van der Waals surface area (Å²) in [5.74, 6) is 0.395. The van der Waals surface area contributed by atoms with Crippen molar-refractivity contribution in [3.05, 3.63) is 34.3 Å². The zero-order valence-corrected chi connectivity index (χ0v) is 14.4. The van der Waals surface area contributed by atoms with Crippen molar-refractivity contribution >= 4 is 15.9 Å². The fourth-order valence-electron chi connectivity index (χ4n) is 3.34. The summed E-state index contributed by atoms with van der Waals surface area (Å²) >= 11 is 3.60. The normalized spacial score (nSPS) is 25.9. The van der Waals surface area contributed by atoms with Gasteiger partial charge in [-0.05, 0) is 42.9 Å². The lowest BCUT2D eigenvalue weighted by atomic mass is 9.69. The van der Waals surface area contributed by atoms with Crippen LogP contribution in [0.1, 0.15) is 38.7 Å². The fraction of sp³-hybridized carbons (Fsp3) is 0.647. The van der Waals surface area contributed by atoms with Gasteiger partial charge >= 0.3 is 0 Å². The molecule has 2 nitrogen and oxygen atoms in total. The van der Waals surface area contributed by atoms with Gasteiger partial charge in [0.1, 0.15) is 0 Å². The molecule has 2 rings (SSSR count). The van der Waals surface area contributed by atoms with E-state index in [1.165, 1.54) is 12.0 Å². The lowest BCUT2D eigenvalue weighted by Gasteiger charge is -2.42. The van der Waals surface area contributed by atoms with Crippen molar-refractivity contribution in [1.82, 2.24) is 4.90 Å². The largest absolute Gasteiger partial charge is 0.392 e. The molecular formula is C17H26BrNO. The Morgan fingerprint density at radius 2 is 2.05 bits per heavy atom. The van der Waals surface area contributed by atoms with E-state index in [0.717, 1.165) is 30.4 Å². The standard InChI is InChI=1S/C17H26BrNO/c1-17(2)10-6-8-14(16(17)20)12-19(3)11-13-7-4-5-9-15(13)18/h4-5,7,9,14,16,20H,6,8,10-12H2,1-3H3. The molecule has 2 unspecified atom stereocenters. The van der Waals surface area contributed by atoms with Crippen LogP contribution in [-0.4, -0.2) is 29.7 Å². The minimum atomic E-state index is -0.182. The summed E-state index contributed by atoms with van der Waals surface area (Å²) in [6.45, 7) is 6.27. The van der Waals surface area contributed by atoms with Crippen LogP contribution in [0.5, 0.6) is 0 Å². The number of rotatable bonds is 4. The maximum Gasteiger partial charge on any atom is 0.0631 e. The van der Waals surface area contributed by atoms with Gasteiger partial charge in [-0.25, -0.2) is 0 Å². The maximum atomic E-state index is 10.5. The molecular weight excluding hydrogens is 314 g/mol. The third kappa shape index (κ3) is 3.84. The summed E-state index contributed by atoms with van der Waals surface area (Å²) < 4.78 is 1.16. The van der Waals surface area contributed by atoms with E-state index in [-0.39, 0.29) is 11.5 Å². The molecule has 112 valence electrons. The van der Waals surface area contributed by atoms with Crippen LogP contribution in [-0.2, 0) is 6.54 Å². The third-order valence-corrected chi connectivity index (χ3v) is 5.36. The van der Waals surface area contributed by atoms with Crippen LogP contribution in [0.2, 0.25) is 0 Å². The van der Waals surface area contributed by atoms with Gasteiger partial charge in [0.2, 0.25) is 0 Å². The Bertz CT molecular complexity index is 446. The number of aliphatic hydroxyl groups is 1. The van der Waals surface area contributed by atoms with Crippen molar-refractivity contribution in [3.8, 4) is 0 Å². The highest BCUT2D eigenvalue weighted by molar-refractivity contribution is 9.10. The lowest BCUT2D eigenvalue weighted by molar-refractivity contribution is -0.0415. The van der Waals surface area contributed by atoms with Crippen LogP contribution < -0.4 is 0 Å². The highest BCUT2D eigenvalue weighted by Crippen LogP contribution is 2.39. The minimum absolute atomic E-state index is 0.0666. The molecule has 0 aromatic heterocycles. The second kappa shape index (κ2) is 6.59. The third-order valence-electron chi connectivity index (χ3n) is 4.59. The van der Waals surface area contributed by atoms with Crippen molar-refractivity contribution in [1.29, 1.82) is 0 Å². The molecule has 1 fully saturated rings. The topological polar surface area (TPSA) is 23.5 Å². The minimum Gasteiger partial charge on any atom is -0.392 e. The molecule has 3 heteroatoms. The second-order valence-electron chi connectivity index (χ2n) is 6.87. The number of nitrogens with zero attached hydrogens (tertiary/aromatic N) is 1. The molecule has 0 heterocycles. The molecule has 1 aromatic rings. The van der Waals surface area contributed by atoms with Crippen LogP contribution >= 0.6 is 15.9 Å². The molecule has 2 atom stereocenters. The van der Waals surface area contributed by atoms with Crippen LogP contribution in [0.15, 0.2) is 28.7 Å². The Morgan fingerprint density at radius 3 is 2.75 bits per heavy atom. The Morgan fingerprint density at radius 1 is 1.35 bits per heavy atom. The molecule has 1 saturated carbocycles. The van der Waals surface area contributed by atoms with Crippen molar-refractivity contribution < 1.29 is 5.11 Å². The van der Waals surface area contributed by atoms with Gasteiger partial charge in [0, 0.05) is 17.6 Å². The summed E-state index contributed by atoms with van der Waals surface area (Å²) in [5.41, 5.74) is 1.37. The van der Waals surface area contributed by atoms with E-state index in [9.17, 15) is 5.11 Å². The van der Waals surface area contributed by atoms with Crippen molar-refractivity contribution in [3.63, 3.8) is 0 Å². The van der Waals surface area contributed by atoms with Crippen LogP contribution in [0, 0.1) is 11.3 Å². The first kappa shape index (κ1) is 16.0. The SMILES string of the molecule is CN(Cc1ccccc1Br)CC1CCCC(C)(C)C1O. The van der Waals surface area contributed by atoms with Gasteiger partial charge < -0.3 is 10.0 Å². The highest BCUT2D eigenvalue weighted by atomic mass is 79.9. The summed E-state index contributed by atoms with van der Waals surface area (Å²) in [7, 11) is 2.15. The van der Waals surface area contributed by atoms with Crippen LogP contribution in [0.4, 0.5) is 0 Å². The molecule has 0 spiro atoms. The van der Waals surface area contributed by atoms with E-state index in [1.807, 2.05) is 6.07 Å². The Balaban J connectivity index is 1.94. The van der Waals surface area contributed by atoms with Gasteiger partial charge in [-0.15, -0.1) is 0 Å². The number of aliphatic hydroxyl groups excluding tert-OH is 1. The van der Waals surface area contributed by atoms with Gasteiger partial charge in [-0.2, -0.15) is 0 Å². The molecule has 0 saturated heterocycles. The van der Waals surface area contributed by atoms with Gasteiger partial charge in [0.25, 0.3) is 0 Å². The Hall–Kier alpha value is -0.380. The van der Waals surface area contributed by atoms with E-state index < -0.39 is 0 Å². The number of hydrogen-bond donors (Lipinski definition) is 1. The maximum absolute atomic E-state index is 10.5. The zero-order chi connectivity index (χ0) is 14.8. The molecule has 1 N–H and O–H groups in total. The highest BCUT2D eigenvalue weighted by Gasteiger charge is 2.37. The molecule has 1 aromatic carbocycles. The van der Waals surface area contributed by atoms with E-state index in [2.05, 4.69) is 59.9 Å². The Kier molecular flexibility index (Phi) is 5.27. The average molecular weight is 340 g/mol. The first-order valence-electron chi connectivity index (χ1n) is 7.50. The van der Waals surface area contributed by atoms with Gasteiger partial charge in [-0.3, -0.25) is 0 Å². The first-order chi connectivity index (χ1) is 9.40. The Labute approximate surface area is 131 Å². The molecule has 0 bridgehead atoms. The monoisotopic (exact) mass is 339 g/mol. The van der Waals surface area contributed by atoms with E-state index in [0.29, 0.717) is 5.92 Å². The van der Waals surface area contributed by atoms with Crippen molar-refractivity contribution in [2.75, 3.05) is 13.6 Å². The average Bonchev–Trinajstić information content (AvgIpc) is 2.38. The second-order valence-corrected chi connectivity index (χ2v) is 7.73. The van der Waals surface area contributed by atoms with E-state index in [4.69, 9.17) is 0 Å². The number of halogens is 1. The van der Waals surface area contributed by atoms with Crippen LogP contribution in [0.25, 0.3) is 0 Å². The summed E-state index contributed by atoms with van der Waals surface area (Å²) in [5, 5.41) is 10.5. The molecule has 20 heavy (non-hydrogen) atoms. The molecule has 0 aliphatic heterocycles. The van der Waals surface area contributed by atoms with Crippen molar-refractivity contribution in [2.45, 2.75) is 45.8 Å². The van der Waals surface area contributed by atoms with E-state index in [1.54, 1.807) is 0 Å². The van der Waals surface area contributed by atoms with Gasteiger partial charge in [-0.1, -0.05) is 54.4 Å². The zero-order valence-electron chi connectivity index (χ0n) is 12.8.